The van der Waals surface area contributed by atoms with E-state index in [-0.39, 0.29) is 18.4 Å². The quantitative estimate of drug-likeness (QED) is 0.756. The van der Waals surface area contributed by atoms with Crippen LogP contribution in [0, 0.1) is 0 Å². The molecule has 0 spiro atoms. The molecule has 0 unspecified atom stereocenters. The maximum Gasteiger partial charge on any atom is 0.262 e. The molecule has 2 N–H and O–H groups in total. The molecule has 0 bridgehead atoms. The average molecular weight is 352 g/mol. The molecule has 0 radical (unpaired) electrons. The van der Waals surface area contributed by atoms with Crippen molar-refractivity contribution < 1.29 is 14.3 Å². The van der Waals surface area contributed by atoms with E-state index in [1.54, 1.807) is 30.6 Å². The number of rotatable bonds is 3. The Labute approximate surface area is 146 Å². The fraction of sp³-hybridized carbons (Fsp3) is 0.0588. The third-order valence-electron chi connectivity index (χ3n) is 3.56. The smallest absolute Gasteiger partial charge is 0.262 e. The van der Waals surface area contributed by atoms with Crippen LogP contribution in [-0.4, -0.2) is 28.4 Å². The van der Waals surface area contributed by atoms with Gasteiger partial charge in [0.05, 0.1) is 11.4 Å². The Morgan fingerprint density at radius 2 is 2.24 bits per heavy atom. The van der Waals surface area contributed by atoms with Crippen molar-refractivity contribution in [2.45, 2.75) is 0 Å². The maximum atomic E-state index is 12.4. The highest BCUT2D eigenvalue weighted by Crippen LogP contribution is 2.29. The third-order valence-corrected chi connectivity index (χ3v) is 4.32. The Morgan fingerprint density at radius 3 is 3.08 bits per heavy atom. The van der Waals surface area contributed by atoms with Gasteiger partial charge < -0.3 is 10.1 Å². The minimum absolute atomic E-state index is 0.0565. The second-order valence-electron chi connectivity index (χ2n) is 5.28. The number of carbonyl (C=O) groups is 2. The summed E-state index contributed by atoms with van der Waals surface area (Å²) in [6, 6.07) is 8.60. The van der Waals surface area contributed by atoms with E-state index in [2.05, 4.69) is 20.6 Å². The van der Waals surface area contributed by atoms with Crippen LogP contribution in [0.1, 0.15) is 10.4 Å². The van der Waals surface area contributed by atoms with Gasteiger partial charge in [-0.05, 0) is 30.3 Å². The van der Waals surface area contributed by atoms with Crippen molar-refractivity contribution in [1.29, 1.82) is 0 Å². The lowest BCUT2D eigenvalue weighted by Gasteiger charge is -2.18. The number of amides is 2. The van der Waals surface area contributed by atoms with Crippen LogP contribution in [-0.2, 0) is 4.79 Å². The largest absolute Gasteiger partial charge is 0.482 e. The molecular weight excluding hydrogens is 340 g/mol. The summed E-state index contributed by atoms with van der Waals surface area (Å²) in [6.07, 6.45) is 3.41. The first kappa shape index (κ1) is 15.3. The van der Waals surface area contributed by atoms with Crippen LogP contribution in [0.2, 0.25) is 0 Å². The lowest BCUT2D eigenvalue weighted by molar-refractivity contribution is -0.118. The lowest BCUT2D eigenvalue weighted by Crippen LogP contribution is -2.25. The summed E-state index contributed by atoms with van der Waals surface area (Å²) in [6.45, 7) is -0.0565. The summed E-state index contributed by atoms with van der Waals surface area (Å²) >= 11 is 1.34. The van der Waals surface area contributed by atoms with E-state index < -0.39 is 0 Å². The fourth-order valence-electron chi connectivity index (χ4n) is 2.36. The number of carbonyl (C=O) groups excluding carboxylic acids is 2. The first-order valence-corrected chi connectivity index (χ1v) is 8.31. The zero-order valence-corrected chi connectivity index (χ0v) is 13.7. The molecule has 2 aromatic heterocycles. The maximum absolute atomic E-state index is 12.4. The van der Waals surface area contributed by atoms with Gasteiger partial charge >= 0.3 is 0 Å². The Balaban J connectivity index is 1.51. The topological polar surface area (TPSA) is 93.2 Å². The van der Waals surface area contributed by atoms with E-state index in [9.17, 15) is 9.59 Å². The molecule has 7 nitrogen and oxygen atoms in total. The van der Waals surface area contributed by atoms with Crippen LogP contribution in [0.4, 0.5) is 10.8 Å². The van der Waals surface area contributed by atoms with Crippen LogP contribution >= 0.6 is 11.3 Å². The zero-order chi connectivity index (χ0) is 17.2. The number of thiazole rings is 1. The second kappa shape index (κ2) is 6.33. The molecule has 0 aliphatic carbocycles. The summed E-state index contributed by atoms with van der Waals surface area (Å²) in [4.78, 5) is 32.1. The highest BCUT2D eigenvalue weighted by Gasteiger charge is 2.18. The van der Waals surface area contributed by atoms with E-state index in [4.69, 9.17) is 4.74 Å². The molecule has 8 heteroatoms. The summed E-state index contributed by atoms with van der Waals surface area (Å²) < 4.78 is 5.33. The van der Waals surface area contributed by atoms with Crippen LogP contribution < -0.4 is 15.4 Å². The van der Waals surface area contributed by atoms with Crippen molar-refractivity contribution in [2.24, 2.45) is 0 Å². The summed E-state index contributed by atoms with van der Waals surface area (Å²) in [5, 5.41) is 7.81. The van der Waals surface area contributed by atoms with E-state index in [1.165, 1.54) is 11.3 Å². The van der Waals surface area contributed by atoms with Crippen LogP contribution in [0.3, 0.4) is 0 Å². The number of nitrogens with zero attached hydrogens (tertiary/aromatic N) is 2. The molecule has 4 rings (SSSR count). The highest BCUT2D eigenvalue weighted by atomic mass is 32.1. The zero-order valence-electron chi connectivity index (χ0n) is 12.9. The molecule has 1 aromatic carbocycles. The van der Waals surface area contributed by atoms with Gasteiger partial charge in [0.15, 0.2) is 11.7 Å². The summed E-state index contributed by atoms with van der Waals surface area (Å²) in [5.41, 5.74) is 2.62. The molecule has 0 saturated carbocycles. The number of benzene rings is 1. The predicted octanol–water partition coefficient (Wildman–Crippen LogP) is 2.79. The Morgan fingerprint density at radius 1 is 1.32 bits per heavy atom. The number of aromatic nitrogens is 2. The number of fused-ring (bicyclic) bond motifs is 1. The number of hydrogen-bond donors (Lipinski definition) is 2. The third kappa shape index (κ3) is 3.20. The van der Waals surface area contributed by atoms with Gasteiger partial charge in [-0.15, -0.1) is 11.3 Å². The van der Waals surface area contributed by atoms with E-state index in [0.29, 0.717) is 22.1 Å². The number of hydrogen-bond acceptors (Lipinski definition) is 6. The van der Waals surface area contributed by atoms with Gasteiger partial charge in [0.25, 0.3) is 11.8 Å². The van der Waals surface area contributed by atoms with Gasteiger partial charge in [-0.1, -0.05) is 0 Å². The van der Waals surface area contributed by atoms with Crippen molar-refractivity contribution in [3.05, 3.63) is 53.7 Å². The Hall–Kier alpha value is -3.26. The summed E-state index contributed by atoms with van der Waals surface area (Å²) in [7, 11) is 0. The molecule has 1 aliphatic heterocycles. The fourth-order valence-corrected chi connectivity index (χ4v) is 3.08. The average Bonchev–Trinajstić information content (AvgIpc) is 3.10. The van der Waals surface area contributed by atoms with Gasteiger partial charge in [0, 0.05) is 28.9 Å². The normalized spacial score (nSPS) is 12.7. The van der Waals surface area contributed by atoms with Crippen molar-refractivity contribution >= 4 is 34.0 Å². The van der Waals surface area contributed by atoms with Crippen molar-refractivity contribution in [2.75, 3.05) is 17.2 Å². The number of nitrogens with one attached hydrogen (secondary N) is 2. The molecule has 0 saturated heterocycles. The number of pyridine rings is 1. The van der Waals surface area contributed by atoms with E-state index in [1.807, 2.05) is 17.5 Å². The first-order chi connectivity index (χ1) is 12.2. The Bertz CT molecular complexity index is 956. The minimum Gasteiger partial charge on any atom is -0.482 e. The molecule has 1 aliphatic rings. The second-order valence-corrected chi connectivity index (χ2v) is 6.14. The van der Waals surface area contributed by atoms with Gasteiger partial charge in [0.1, 0.15) is 5.75 Å². The lowest BCUT2D eigenvalue weighted by atomic mass is 10.1. The molecule has 0 fully saturated rings. The van der Waals surface area contributed by atoms with Gasteiger partial charge in [-0.2, -0.15) is 0 Å². The molecule has 2 amide bonds. The summed E-state index contributed by atoms with van der Waals surface area (Å²) in [5.74, 6) is -0.0340. The van der Waals surface area contributed by atoms with Gasteiger partial charge in [-0.25, -0.2) is 4.98 Å². The predicted molar refractivity (Wildman–Crippen MR) is 93.9 cm³/mol. The van der Waals surface area contributed by atoms with Crippen LogP contribution in [0.5, 0.6) is 5.75 Å². The Kier molecular flexibility index (Phi) is 3.87. The van der Waals surface area contributed by atoms with Crippen molar-refractivity contribution in [1.82, 2.24) is 9.97 Å². The molecule has 3 aromatic rings. The van der Waals surface area contributed by atoms with Crippen molar-refractivity contribution in [3.8, 4) is 17.0 Å². The van der Waals surface area contributed by atoms with Crippen LogP contribution in [0.15, 0.2) is 48.1 Å². The number of ether oxygens (including phenoxy) is 1. The molecule has 25 heavy (non-hydrogen) atoms. The van der Waals surface area contributed by atoms with Crippen LogP contribution in [0.25, 0.3) is 11.3 Å². The van der Waals surface area contributed by atoms with E-state index >= 15 is 0 Å². The highest BCUT2D eigenvalue weighted by molar-refractivity contribution is 7.14. The molecule has 124 valence electrons. The molecule has 0 atom stereocenters. The molecule has 3 heterocycles. The van der Waals surface area contributed by atoms with E-state index in [0.717, 1.165) is 11.3 Å². The standard InChI is InChI=1S/C17H12N4O3S/c22-15-8-24-14-6-10(3-4-12(14)19-15)16(23)21-17-20-13(9-25-17)11-2-1-5-18-7-11/h1-7,9H,8H2,(H,19,22)(H,20,21,23). The molecular formula is C17H12N4O3S. The van der Waals surface area contributed by atoms with Crippen molar-refractivity contribution in [3.63, 3.8) is 0 Å². The SMILES string of the molecule is O=C1COc2cc(C(=O)Nc3nc(-c4cccnc4)cs3)ccc2N1. The van der Waals surface area contributed by atoms with Gasteiger partial charge in [0.2, 0.25) is 0 Å². The van der Waals surface area contributed by atoms with Gasteiger partial charge in [-0.3, -0.25) is 19.9 Å². The monoisotopic (exact) mass is 352 g/mol. The minimum atomic E-state index is -0.296. The first-order valence-electron chi connectivity index (χ1n) is 7.43. The number of anilines is 2.